The van der Waals surface area contributed by atoms with Crippen molar-refractivity contribution in [2.24, 2.45) is 14.1 Å². The molecule has 0 saturated heterocycles. The Balaban J connectivity index is 1.33. The van der Waals surface area contributed by atoms with Crippen molar-refractivity contribution >= 4 is 28.0 Å². The monoisotopic (exact) mass is 507 g/mol. The predicted molar refractivity (Wildman–Crippen MR) is 133 cm³/mol. The van der Waals surface area contributed by atoms with Crippen LogP contribution in [0.25, 0.3) is 22.1 Å². The van der Waals surface area contributed by atoms with Gasteiger partial charge in [0.25, 0.3) is 5.91 Å². The molecule has 7 nitrogen and oxygen atoms in total. The number of amides is 1. The maximum atomic E-state index is 14.3. The van der Waals surface area contributed by atoms with Crippen molar-refractivity contribution in [2.75, 3.05) is 13.2 Å². The van der Waals surface area contributed by atoms with E-state index in [1.807, 2.05) is 18.5 Å². The number of hydrogen-bond acceptors (Lipinski definition) is 4. The van der Waals surface area contributed by atoms with Crippen LogP contribution in [0.5, 0.6) is 5.75 Å². The lowest BCUT2D eigenvalue weighted by Gasteiger charge is -2.12. The molecule has 0 bridgehead atoms. The number of imidazole rings is 2. The Labute approximate surface area is 210 Å². The zero-order chi connectivity index (χ0) is 26.3. The molecule has 2 heterocycles. The lowest BCUT2D eigenvalue weighted by molar-refractivity contribution is 0.0947. The average molecular weight is 508 g/mol. The van der Waals surface area contributed by atoms with Gasteiger partial charge >= 0.3 is 0 Å². The fourth-order valence-electron chi connectivity index (χ4n) is 4.44. The number of ether oxygens (including phenoxy) is 1. The van der Waals surface area contributed by atoms with E-state index in [1.54, 1.807) is 29.8 Å². The molecule has 3 aromatic carbocycles. The van der Waals surface area contributed by atoms with Crippen molar-refractivity contribution in [1.82, 2.24) is 24.4 Å². The molecule has 10 heteroatoms. The summed E-state index contributed by atoms with van der Waals surface area (Å²) < 4.78 is 50.1. The van der Waals surface area contributed by atoms with Gasteiger partial charge in [0.2, 0.25) is 0 Å². The first-order valence-electron chi connectivity index (χ1n) is 11.7. The molecule has 5 aromatic rings. The molecule has 5 rings (SSSR count). The molecule has 1 unspecified atom stereocenters. The molecule has 0 aliphatic rings. The lowest BCUT2D eigenvalue weighted by atomic mass is 10.1. The van der Waals surface area contributed by atoms with Gasteiger partial charge in [-0.2, -0.15) is 0 Å². The average Bonchev–Trinajstić information content (AvgIpc) is 3.39. The smallest absolute Gasteiger partial charge is 0.251 e. The molecular weight excluding hydrogens is 483 g/mol. The van der Waals surface area contributed by atoms with Crippen molar-refractivity contribution in [3.05, 3.63) is 89.3 Å². The SMILES string of the molecule is CC(c1nc2ccc(C(=O)NCCOc3ccc(F)cc3)cc2n1C)c1nc2c(F)cc(F)cc2n1C. The fraction of sp³-hybridized carbons (Fsp3) is 0.222. The number of aryl methyl sites for hydroxylation is 2. The Morgan fingerprint density at radius 2 is 1.62 bits per heavy atom. The van der Waals surface area contributed by atoms with E-state index >= 15 is 0 Å². The number of nitrogens with zero attached hydrogens (tertiary/aromatic N) is 4. The van der Waals surface area contributed by atoms with Crippen LogP contribution in [0, 0.1) is 17.5 Å². The van der Waals surface area contributed by atoms with Crippen LogP contribution in [0.3, 0.4) is 0 Å². The van der Waals surface area contributed by atoms with E-state index in [4.69, 9.17) is 9.72 Å². The number of carbonyl (C=O) groups excluding carboxylic acids is 1. The molecule has 0 spiro atoms. The summed E-state index contributed by atoms with van der Waals surface area (Å²) in [5, 5.41) is 2.81. The molecule has 0 radical (unpaired) electrons. The molecule has 1 N–H and O–H groups in total. The quantitative estimate of drug-likeness (QED) is 0.320. The predicted octanol–water partition coefficient (Wildman–Crippen LogP) is 4.84. The zero-order valence-corrected chi connectivity index (χ0v) is 20.4. The fourth-order valence-corrected chi connectivity index (χ4v) is 4.44. The number of rotatable bonds is 7. The van der Waals surface area contributed by atoms with Crippen LogP contribution < -0.4 is 10.1 Å². The van der Waals surface area contributed by atoms with E-state index in [1.165, 1.54) is 30.3 Å². The molecule has 1 amide bonds. The third-order valence-electron chi connectivity index (χ3n) is 6.36. The van der Waals surface area contributed by atoms with Gasteiger partial charge in [0.1, 0.15) is 41.2 Å². The summed E-state index contributed by atoms with van der Waals surface area (Å²) in [7, 11) is 3.55. The molecule has 190 valence electrons. The molecule has 37 heavy (non-hydrogen) atoms. The van der Waals surface area contributed by atoms with Gasteiger partial charge < -0.3 is 19.2 Å². The van der Waals surface area contributed by atoms with Crippen LogP contribution in [-0.2, 0) is 14.1 Å². The van der Waals surface area contributed by atoms with E-state index < -0.39 is 11.6 Å². The second-order valence-corrected chi connectivity index (χ2v) is 8.80. The van der Waals surface area contributed by atoms with Gasteiger partial charge in [0, 0.05) is 25.7 Å². The minimum absolute atomic E-state index is 0.104. The first kappa shape index (κ1) is 24.4. The Kier molecular flexibility index (Phi) is 6.32. The van der Waals surface area contributed by atoms with Crippen molar-refractivity contribution in [2.45, 2.75) is 12.8 Å². The van der Waals surface area contributed by atoms with Gasteiger partial charge in [-0.1, -0.05) is 0 Å². The standard InChI is InChI=1S/C27H24F3N5O2/c1-15(26-33-24-20(30)13-18(29)14-23(24)35(26)3)25-32-21-9-4-16(12-22(21)34(25)2)27(36)31-10-11-37-19-7-5-17(28)6-8-19/h4-9,12-15H,10-11H2,1-3H3,(H,31,36). The minimum Gasteiger partial charge on any atom is -0.492 e. The largest absolute Gasteiger partial charge is 0.492 e. The van der Waals surface area contributed by atoms with Crippen molar-refractivity contribution in [3.63, 3.8) is 0 Å². The third-order valence-corrected chi connectivity index (χ3v) is 6.36. The molecule has 0 aliphatic carbocycles. The molecule has 2 aromatic heterocycles. The van der Waals surface area contributed by atoms with Crippen molar-refractivity contribution in [3.8, 4) is 5.75 Å². The Bertz CT molecular complexity index is 1630. The molecular formula is C27H24F3N5O2. The summed E-state index contributed by atoms with van der Waals surface area (Å²) in [4.78, 5) is 21.8. The Morgan fingerprint density at radius 3 is 2.38 bits per heavy atom. The lowest BCUT2D eigenvalue weighted by Crippen LogP contribution is -2.28. The highest BCUT2D eigenvalue weighted by atomic mass is 19.1. The van der Waals surface area contributed by atoms with Gasteiger partial charge in [0.05, 0.1) is 29.0 Å². The molecule has 0 saturated carbocycles. The molecule has 0 aliphatic heterocycles. The topological polar surface area (TPSA) is 74.0 Å². The maximum Gasteiger partial charge on any atom is 0.251 e. The number of halogens is 3. The number of aromatic nitrogens is 4. The normalized spacial score (nSPS) is 12.3. The number of fused-ring (bicyclic) bond motifs is 2. The number of carbonyl (C=O) groups is 1. The van der Waals surface area contributed by atoms with Crippen LogP contribution >= 0.6 is 0 Å². The van der Waals surface area contributed by atoms with Crippen molar-refractivity contribution in [1.29, 1.82) is 0 Å². The molecule has 0 fully saturated rings. The highest BCUT2D eigenvalue weighted by Gasteiger charge is 2.23. The second kappa shape index (κ2) is 9.61. The van der Waals surface area contributed by atoms with Crippen molar-refractivity contribution < 1.29 is 22.7 Å². The first-order chi connectivity index (χ1) is 17.7. The van der Waals surface area contributed by atoms with E-state index in [2.05, 4.69) is 10.3 Å². The summed E-state index contributed by atoms with van der Waals surface area (Å²) in [6.45, 7) is 2.40. The van der Waals surface area contributed by atoms with Crippen LogP contribution in [0.2, 0.25) is 0 Å². The van der Waals surface area contributed by atoms with Gasteiger partial charge in [-0.05, 0) is 55.5 Å². The number of nitrogens with one attached hydrogen (secondary N) is 1. The summed E-state index contributed by atoms with van der Waals surface area (Å²) in [6.07, 6.45) is 0. The van der Waals surface area contributed by atoms with E-state index in [0.29, 0.717) is 34.0 Å². The Hall–Kier alpha value is -4.34. The minimum atomic E-state index is -0.715. The summed E-state index contributed by atoms with van der Waals surface area (Å²) >= 11 is 0. The van der Waals surface area contributed by atoms with Crippen LogP contribution in [0.1, 0.15) is 34.8 Å². The van der Waals surface area contributed by atoms with Gasteiger partial charge in [-0.3, -0.25) is 4.79 Å². The van der Waals surface area contributed by atoms with Gasteiger partial charge in [-0.15, -0.1) is 0 Å². The van der Waals surface area contributed by atoms with Crippen LogP contribution in [-0.4, -0.2) is 38.2 Å². The summed E-state index contributed by atoms with van der Waals surface area (Å²) in [5.74, 6) is -0.609. The number of benzene rings is 3. The third kappa shape index (κ3) is 4.62. The summed E-state index contributed by atoms with van der Waals surface area (Å²) in [5.41, 5.74) is 2.36. The summed E-state index contributed by atoms with van der Waals surface area (Å²) in [6, 6.07) is 12.9. The molecule has 1 atom stereocenters. The zero-order valence-electron chi connectivity index (χ0n) is 20.4. The maximum absolute atomic E-state index is 14.3. The van der Waals surface area contributed by atoms with Crippen LogP contribution in [0.4, 0.5) is 13.2 Å². The number of hydrogen-bond donors (Lipinski definition) is 1. The van der Waals surface area contributed by atoms with Gasteiger partial charge in [0.15, 0.2) is 5.82 Å². The Morgan fingerprint density at radius 1 is 0.919 bits per heavy atom. The van der Waals surface area contributed by atoms with Gasteiger partial charge in [-0.25, -0.2) is 23.1 Å². The second-order valence-electron chi connectivity index (χ2n) is 8.80. The highest BCUT2D eigenvalue weighted by molar-refractivity contribution is 5.97. The van der Waals surface area contributed by atoms with E-state index in [-0.39, 0.29) is 36.3 Å². The van der Waals surface area contributed by atoms with E-state index in [0.717, 1.165) is 11.6 Å². The van der Waals surface area contributed by atoms with E-state index in [9.17, 15) is 18.0 Å². The first-order valence-corrected chi connectivity index (χ1v) is 11.7. The highest BCUT2D eigenvalue weighted by Crippen LogP contribution is 2.29. The van der Waals surface area contributed by atoms with Crippen LogP contribution in [0.15, 0.2) is 54.6 Å².